The first kappa shape index (κ1) is 57.7. The number of ether oxygens (including phenoxy) is 12. The maximum atomic E-state index is 13.0. The van der Waals surface area contributed by atoms with Crippen molar-refractivity contribution in [3.63, 3.8) is 0 Å². The number of alkyl halides is 3. The number of nitrogens with one attached hydrogen (secondary N) is 1. The van der Waals surface area contributed by atoms with Crippen LogP contribution in [-0.2, 0) is 49.7 Å². The minimum atomic E-state index is -5.91. The molecule has 2 unspecified atom stereocenters. The second-order valence-electron chi connectivity index (χ2n) is 18.5. The van der Waals surface area contributed by atoms with Crippen molar-refractivity contribution in [1.29, 1.82) is 0 Å². The van der Waals surface area contributed by atoms with Gasteiger partial charge in [0, 0.05) is 103 Å². The van der Waals surface area contributed by atoms with E-state index >= 15 is 0 Å². The highest BCUT2D eigenvalue weighted by atomic mass is 32.2. The van der Waals surface area contributed by atoms with Gasteiger partial charge in [0.15, 0.2) is 38.4 Å². The van der Waals surface area contributed by atoms with Crippen molar-refractivity contribution in [3.05, 3.63) is 214 Å². The predicted molar refractivity (Wildman–Crippen MR) is 296 cm³/mol. The molecule has 4 aliphatic rings. The maximum Gasteiger partial charge on any atom is 0.534 e. The summed E-state index contributed by atoms with van der Waals surface area (Å²) >= 11 is 0. The number of esters is 2. The summed E-state index contributed by atoms with van der Waals surface area (Å²) in [4.78, 5) is 25.8. The third-order valence-corrected chi connectivity index (χ3v) is 14.2. The number of benzene rings is 8. The minimum absolute atomic E-state index is 0.0639. The van der Waals surface area contributed by atoms with Crippen LogP contribution in [0.25, 0.3) is 0 Å². The van der Waals surface area contributed by atoms with Crippen LogP contribution in [0.5, 0.6) is 51.7 Å². The molecule has 84 heavy (non-hydrogen) atoms. The van der Waals surface area contributed by atoms with Gasteiger partial charge in [-0.05, 0) is 109 Å². The van der Waals surface area contributed by atoms with Crippen LogP contribution in [0.4, 0.5) is 30.2 Å². The third-order valence-electron chi connectivity index (χ3n) is 13.2. The molecule has 2 atom stereocenters. The van der Waals surface area contributed by atoms with E-state index in [1.807, 2.05) is 72.8 Å². The number of carbonyl (C=O) groups is 2. The molecule has 0 aliphatic carbocycles. The van der Waals surface area contributed by atoms with Crippen LogP contribution in [0.15, 0.2) is 170 Å². The average molecular weight is 1170 g/mol. The quantitative estimate of drug-likeness (QED) is 0.0301. The molecule has 12 rings (SSSR count). The first-order valence-electron chi connectivity index (χ1n) is 25.3. The molecule has 3 N–H and O–H groups in total. The van der Waals surface area contributed by atoms with Gasteiger partial charge >= 0.3 is 27.6 Å². The van der Waals surface area contributed by atoms with Gasteiger partial charge in [-0.3, -0.25) is 0 Å². The molecule has 0 bridgehead atoms. The Morgan fingerprint density at radius 1 is 0.452 bits per heavy atom. The van der Waals surface area contributed by atoms with Crippen LogP contribution in [-0.4, -0.2) is 81.5 Å². The molecule has 0 saturated heterocycles. The van der Waals surface area contributed by atoms with Crippen LogP contribution in [0.2, 0.25) is 0 Å². The molecule has 23 heteroatoms. The summed E-state index contributed by atoms with van der Waals surface area (Å²) in [6, 6.07) is 48.1. The SMILES string of the molecule is COCOc1ccc(N)cc1.COCOc1ccc(Nc2ccc3c(c2)Oc2cc(OCOC)ccc2C32OC(=O)c3ccccc32)cc1.COCOc1ccc2c(c1)Oc1cc(OS(=O)(=O)C(F)(F)F)ccc1C21OC(=O)c2ccccc21. The Labute approximate surface area is 479 Å². The Kier molecular flexibility index (Phi) is 16.6. The molecular weight excluding hydrogens is 1120 g/mol. The van der Waals surface area contributed by atoms with Crippen molar-refractivity contribution in [2.24, 2.45) is 0 Å². The van der Waals surface area contributed by atoms with E-state index in [0.29, 0.717) is 51.0 Å². The van der Waals surface area contributed by atoms with Gasteiger partial charge in [-0.2, -0.15) is 21.6 Å². The molecule has 0 saturated carbocycles. The molecule has 19 nitrogen and oxygen atoms in total. The number of carbonyl (C=O) groups excluding carboxylic acids is 2. The Morgan fingerprint density at radius 3 is 1.25 bits per heavy atom. The number of methoxy groups -OCH3 is 4. The van der Waals surface area contributed by atoms with E-state index in [1.165, 1.54) is 19.2 Å². The Balaban J connectivity index is 0.000000159. The number of nitrogen functional groups attached to an aromatic ring is 1. The zero-order valence-corrected chi connectivity index (χ0v) is 45.9. The van der Waals surface area contributed by atoms with Gasteiger partial charge in [-0.15, -0.1) is 0 Å². The summed E-state index contributed by atoms with van der Waals surface area (Å²) in [6.45, 7) is 0.487. The topological polar surface area (TPSA) is 226 Å². The van der Waals surface area contributed by atoms with Gasteiger partial charge in [0.1, 0.15) is 51.7 Å². The lowest BCUT2D eigenvalue weighted by Crippen LogP contribution is -2.33. The Morgan fingerprint density at radius 2 is 0.810 bits per heavy atom. The number of anilines is 3. The maximum absolute atomic E-state index is 13.0. The fourth-order valence-corrected chi connectivity index (χ4v) is 10.1. The summed E-state index contributed by atoms with van der Waals surface area (Å²) in [7, 11) is 0.240. The average Bonchev–Trinajstić information content (AvgIpc) is 3.15. The van der Waals surface area contributed by atoms with E-state index in [2.05, 4.69) is 9.50 Å². The van der Waals surface area contributed by atoms with Crippen LogP contribution in [0.3, 0.4) is 0 Å². The number of rotatable bonds is 16. The van der Waals surface area contributed by atoms with Gasteiger partial charge in [0.25, 0.3) is 0 Å². The fourth-order valence-electron chi connectivity index (χ4n) is 9.65. The summed E-state index contributed by atoms with van der Waals surface area (Å²) in [6.07, 6.45) is 0. The monoisotopic (exact) mass is 1170 g/mol. The van der Waals surface area contributed by atoms with Crippen molar-refractivity contribution in [1.82, 2.24) is 0 Å². The molecule has 0 radical (unpaired) electrons. The van der Waals surface area contributed by atoms with E-state index in [1.54, 1.807) is 94.1 Å². The van der Waals surface area contributed by atoms with Crippen molar-refractivity contribution in [2.75, 3.05) is 66.7 Å². The normalized spacial score (nSPS) is 16.4. The number of hydrogen-bond donors (Lipinski definition) is 2. The molecular formula is C61H51F3N2O17S. The predicted octanol–water partition coefficient (Wildman–Crippen LogP) is 11.7. The van der Waals surface area contributed by atoms with E-state index in [-0.39, 0.29) is 50.2 Å². The van der Waals surface area contributed by atoms with Gasteiger partial charge in [0.05, 0.1) is 11.1 Å². The molecule has 0 amide bonds. The number of hydrogen-bond acceptors (Lipinski definition) is 19. The van der Waals surface area contributed by atoms with E-state index < -0.39 is 38.5 Å². The smallest absolute Gasteiger partial charge is 0.468 e. The van der Waals surface area contributed by atoms with Gasteiger partial charge in [-0.25, -0.2) is 9.59 Å². The first-order valence-corrected chi connectivity index (χ1v) is 26.7. The van der Waals surface area contributed by atoms with Crippen molar-refractivity contribution >= 4 is 39.1 Å². The standard InChI is InChI=1S/C30H25NO7.C23H15F3O8S.C8H11NO2/c1-33-17-35-21-10-7-19(8-11-21)31-20-9-13-25-27(15-20)37-28-16-22(36-18-34-2)12-14-26(28)30(25)24-6-4-3-5-23(24)29(32)38-30;1-30-12-31-13-6-8-17-19(10-13)32-20-11-14(34-35(28,29)23(24,25)26)7-9-18(20)22(17)16-5-3-2-4-15(16)21(27)33-22;1-10-6-11-8-4-2-7(9)3-5-8/h3-16,31H,17-18H2,1-2H3;2-11H,12H2,1H3;2-5H,6,9H2,1H3. The Hall–Kier alpha value is -9.52. The summed E-state index contributed by atoms with van der Waals surface area (Å²) in [5.41, 5.74) is 3.86. The lowest BCUT2D eigenvalue weighted by molar-refractivity contribution is -0.0500. The molecule has 4 heterocycles. The number of nitrogens with two attached hydrogens (primary N) is 1. The molecule has 8 aromatic rings. The molecule has 2 spiro atoms. The lowest BCUT2D eigenvalue weighted by atomic mass is 9.77. The number of fused-ring (bicyclic) bond motifs is 12. The fraction of sp³-hybridized carbons (Fsp3) is 0.180. The van der Waals surface area contributed by atoms with E-state index in [4.69, 9.17) is 62.6 Å². The van der Waals surface area contributed by atoms with Crippen LogP contribution in [0, 0.1) is 0 Å². The van der Waals surface area contributed by atoms with Crippen molar-refractivity contribution < 1.29 is 92.2 Å². The summed E-state index contributed by atoms with van der Waals surface area (Å²) < 4.78 is 131. The van der Waals surface area contributed by atoms with E-state index in [9.17, 15) is 31.2 Å². The molecule has 434 valence electrons. The second-order valence-corrected chi connectivity index (χ2v) is 20.1. The van der Waals surface area contributed by atoms with E-state index in [0.717, 1.165) is 51.6 Å². The molecule has 0 aromatic heterocycles. The zero-order valence-electron chi connectivity index (χ0n) is 45.1. The van der Waals surface area contributed by atoms with Crippen molar-refractivity contribution in [2.45, 2.75) is 16.7 Å². The summed E-state index contributed by atoms with van der Waals surface area (Å²) in [5, 5.41) is 3.39. The molecule has 8 aromatic carbocycles. The highest BCUT2D eigenvalue weighted by molar-refractivity contribution is 7.88. The minimum Gasteiger partial charge on any atom is -0.468 e. The molecule has 4 aliphatic heterocycles. The summed E-state index contributed by atoms with van der Waals surface area (Å²) in [5.74, 6) is 1.97. The van der Waals surface area contributed by atoms with Crippen LogP contribution in [0.1, 0.15) is 54.1 Å². The third kappa shape index (κ3) is 11.4. The van der Waals surface area contributed by atoms with Crippen LogP contribution < -0.4 is 43.7 Å². The number of halogens is 3. The highest BCUT2D eigenvalue weighted by Crippen LogP contribution is 2.59. The Bertz CT molecular complexity index is 3850. The highest BCUT2D eigenvalue weighted by Gasteiger charge is 2.55. The second kappa shape index (κ2) is 24.1. The largest absolute Gasteiger partial charge is 0.534 e. The van der Waals surface area contributed by atoms with Gasteiger partial charge in [-0.1, -0.05) is 36.4 Å². The molecule has 0 fully saturated rings. The lowest BCUT2D eigenvalue weighted by Gasteiger charge is -2.36. The van der Waals surface area contributed by atoms with Gasteiger partial charge in [0.2, 0.25) is 0 Å². The van der Waals surface area contributed by atoms with Gasteiger partial charge < -0.3 is 72.1 Å². The first-order chi connectivity index (χ1) is 40.5. The van der Waals surface area contributed by atoms with Crippen molar-refractivity contribution in [3.8, 4) is 51.7 Å². The zero-order chi connectivity index (χ0) is 59.2. The van der Waals surface area contributed by atoms with Crippen LogP contribution >= 0.6 is 0 Å².